The third-order valence-corrected chi connectivity index (χ3v) is 4.83. The lowest BCUT2D eigenvalue weighted by Crippen LogP contribution is -1.93. The summed E-state index contributed by atoms with van der Waals surface area (Å²) in [4.78, 5) is 1.16. The van der Waals surface area contributed by atoms with Crippen LogP contribution in [-0.2, 0) is 6.42 Å². The summed E-state index contributed by atoms with van der Waals surface area (Å²) in [5.41, 5.74) is 1.05. The van der Waals surface area contributed by atoms with Crippen LogP contribution in [0.1, 0.15) is 15.8 Å². The minimum atomic E-state index is -0.211. The third kappa shape index (κ3) is 2.80. The second kappa shape index (κ2) is 5.32. The number of fused-ring (bicyclic) bond motifs is 1. The van der Waals surface area contributed by atoms with Crippen molar-refractivity contribution < 1.29 is 4.39 Å². The maximum atomic E-state index is 12.9. The van der Waals surface area contributed by atoms with Gasteiger partial charge < -0.3 is 0 Å². The van der Waals surface area contributed by atoms with E-state index >= 15 is 0 Å². The molecule has 0 spiro atoms. The highest BCUT2D eigenvalue weighted by atomic mass is 35.5. The predicted molar refractivity (Wildman–Crippen MR) is 80.5 cm³/mol. The van der Waals surface area contributed by atoms with E-state index in [-0.39, 0.29) is 11.2 Å². The van der Waals surface area contributed by atoms with Gasteiger partial charge in [-0.1, -0.05) is 30.3 Å². The lowest BCUT2D eigenvalue weighted by Gasteiger charge is -2.06. The molecular formula is C16H12ClFS. The summed E-state index contributed by atoms with van der Waals surface area (Å²) in [6, 6.07) is 16.9. The number of halogens is 2. The summed E-state index contributed by atoms with van der Waals surface area (Å²) in [6.07, 6.45) is 0.717. The van der Waals surface area contributed by atoms with Crippen molar-refractivity contribution in [2.75, 3.05) is 0 Å². The van der Waals surface area contributed by atoms with Gasteiger partial charge in [0.05, 0.1) is 5.38 Å². The first-order valence-corrected chi connectivity index (χ1v) is 7.34. The van der Waals surface area contributed by atoms with E-state index in [1.807, 2.05) is 12.1 Å². The summed E-state index contributed by atoms with van der Waals surface area (Å²) < 4.78 is 14.1. The van der Waals surface area contributed by atoms with Gasteiger partial charge in [0.25, 0.3) is 0 Å². The summed E-state index contributed by atoms with van der Waals surface area (Å²) in [5, 5.41) is 1.16. The molecule has 3 heteroatoms. The average molecular weight is 291 g/mol. The van der Waals surface area contributed by atoms with Gasteiger partial charge in [-0.05, 0) is 41.6 Å². The van der Waals surface area contributed by atoms with Crippen molar-refractivity contribution >= 4 is 33.0 Å². The fourth-order valence-corrected chi connectivity index (χ4v) is 3.50. The highest BCUT2D eigenvalue weighted by Gasteiger charge is 2.12. The molecule has 1 aromatic heterocycles. The van der Waals surface area contributed by atoms with Crippen LogP contribution in [0.2, 0.25) is 0 Å². The SMILES string of the molecule is Fc1ccc(CC(Cl)c2cc3ccccc3s2)cc1. The van der Waals surface area contributed by atoms with Crippen molar-refractivity contribution in [2.45, 2.75) is 11.8 Å². The van der Waals surface area contributed by atoms with Crippen molar-refractivity contribution in [2.24, 2.45) is 0 Å². The van der Waals surface area contributed by atoms with Crippen LogP contribution < -0.4 is 0 Å². The first kappa shape index (κ1) is 12.6. The zero-order valence-electron chi connectivity index (χ0n) is 10.1. The van der Waals surface area contributed by atoms with Gasteiger partial charge in [0.2, 0.25) is 0 Å². The van der Waals surface area contributed by atoms with E-state index in [9.17, 15) is 4.39 Å². The second-order valence-corrected chi connectivity index (χ2v) is 6.13. The summed E-state index contributed by atoms with van der Waals surface area (Å²) in [5.74, 6) is -0.211. The van der Waals surface area contributed by atoms with Crippen molar-refractivity contribution in [3.05, 3.63) is 70.9 Å². The molecule has 0 radical (unpaired) electrons. The van der Waals surface area contributed by atoms with E-state index < -0.39 is 0 Å². The number of alkyl halides is 1. The van der Waals surface area contributed by atoms with Crippen LogP contribution in [0, 0.1) is 5.82 Å². The average Bonchev–Trinajstić information content (AvgIpc) is 2.85. The van der Waals surface area contributed by atoms with Gasteiger partial charge in [-0.2, -0.15) is 0 Å². The number of hydrogen-bond donors (Lipinski definition) is 0. The zero-order chi connectivity index (χ0) is 13.2. The van der Waals surface area contributed by atoms with Gasteiger partial charge in [0.15, 0.2) is 0 Å². The van der Waals surface area contributed by atoms with E-state index in [1.54, 1.807) is 23.5 Å². The van der Waals surface area contributed by atoms with Gasteiger partial charge in [-0.3, -0.25) is 0 Å². The van der Waals surface area contributed by atoms with E-state index in [1.165, 1.54) is 22.2 Å². The summed E-state index contributed by atoms with van der Waals surface area (Å²) in [6.45, 7) is 0. The molecule has 0 fully saturated rings. The Morgan fingerprint density at radius 1 is 1.05 bits per heavy atom. The molecule has 1 atom stereocenters. The fourth-order valence-electron chi connectivity index (χ4n) is 2.08. The monoisotopic (exact) mass is 290 g/mol. The smallest absolute Gasteiger partial charge is 0.123 e. The fraction of sp³-hybridized carbons (Fsp3) is 0.125. The van der Waals surface area contributed by atoms with E-state index in [0.29, 0.717) is 6.42 Å². The standard InChI is InChI=1S/C16H12ClFS/c17-14(9-11-5-7-13(18)8-6-11)16-10-12-3-1-2-4-15(12)19-16/h1-8,10,14H,9H2. The van der Waals surface area contributed by atoms with Crippen LogP contribution in [0.3, 0.4) is 0 Å². The molecule has 96 valence electrons. The van der Waals surface area contributed by atoms with Gasteiger partial charge >= 0.3 is 0 Å². The largest absolute Gasteiger partial charge is 0.207 e. The molecule has 19 heavy (non-hydrogen) atoms. The minimum Gasteiger partial charge on any atom is -0.207 e. The van der Waals surface area contributed by atoms with Gasteiger partial charge in [-0.15, -0.1) is 22.9 Å². The lowest BCUT2D eigenvalue weighted by molar-refractivity contribution is 0.627. The Labute approximate surface area is 120 Å². The molecule has 0 bridgehead atoms. The van der Waals surface area contributed by atoms with Crippen LogP contribution in [0.4, 0.5) is 4.39 Å². The van der Waals surface area contributed by atoms with Crippen LogP contribution in [0.15, 0.2) is 54.6 Å². The van der Waals surface area contributed by atoms with E-state index in [2.05, 4.69) is 18.2 Å². The summed E-state index contributed by atoms with van der Waals surface area (Å²) in [7, 11) is 0. The van der Waals surface area contributed by atoms with Gasteiger partial charge in [-0.25, -0.2) is 4.39 Å². The lowest BCUT2D eigenvalue weighted by atomic mass is 10.1. The first-order valence-electron chi connectivity index (χ1n) is 6.09. The number of hydrogen-bond acceptors (Lipinski definition) is 1. The van der Waals surface area contributed by atoms with Crippen LogP contribution in [0.5, 0.6) is 0 Å². The quantitative estimate of drug-likeness (QED) is 0.554. The molecular weight excluding hydrogens is 279 g/mol. The summed E-state index contributed by atoms with van der Waals surface area (Å²) >= 11 is 8.19. The highest BCUT2D eigenvalue weighted by molar-refractivity contribution is 7.19. The molecule has 0 saturated carbocycles. The number of thiophene rings is 1. The normalized spacial score (nSPS) is 12.7. The molecule has 1 unspecified atom stereocenters. The maximum absolute atomic E-state index is 12.9. The first-order chi connectivity index (χ1) is 9.22. The Bertz CT molecular complexity index is 654. The minimum absolute atomic E-state index is 0.0668. The topological polar surface area (TPSA) is 0 Å². The van der Waals surface area contributed by atoms with Crippen LogP contribution >= 0.6 is 22.9 Å². The van der Waals surface area contributed by atoms with Crippen molar-refractivity contribution in [3.8, 4) is 0 Å². The highest BCUT2D eigenvalue weighted by Crippen LogP contribution is 2.34. The molecule has 1 heterocycles. The Balaban J connectivity index is 1.83. The Hall–Kier alpha value is -1.38. The molecule has 0 aliphatic rings. The molecule has 3 aromatic rings. The van der Waals surface area contributed by atoms with Crippen molar-refractivity contribution in [1.29, 1.82) is 0 Å². The molecule has 0 aliphatic heterocycles. The molecule has 0 N–H and O–H groups in total. The van der Waals surface area contributed by atoms with E-state index in [4.69, 9.17) is 11.6 Å². The number of rotatable bonds is 3. The van der Waals surface area contributed by atoms with Gasteiger partial charge in [0, 0.05) is 9.58 Å². The zero-order valence-corrected chi connectivity index (χ0v) is 11.7. The Morgan fingerprint density at radius 3 is 2.53 bits per heavy atom. The molecule has 0 nitrogen and oxygen atoms in total. The molecule has 2 aromatic carbocycles. The molecule has 3 rings (SSSR count). The predicted octanol–water partition coefficient (Wildman–Crippen LogP) is 5.56. The third-order valence-electron chi connectivity index (χ3n) is 3.08. The second-order valence-electron chi connectivity index (χ2n) is 4.48. The Kier molecular flexibility index (Phi) is 3.54. The Morgan fingerprint density at radius 2 is 1.79 bits per heavy atom. The maximum Gasteiger partial charge on any atom is 0.123 e. The molecule has 0 aliphatic carbocycles. The van der Waals surface area contributed by atoms with Crippen LogP contribution in [0.25, 0.3) is 10.1 Å². The molecule has 0 saturated heterocycles. The van der Waals surface area contributed by atoms with Crippen molar-refractivity contribution in [1.82, 2.24) is 0 Å². The van der Waals surface area contributed by atoms with Crippen LogP contribution in [-0.4, -0.2) is 0 Å². The molecule has 0 amide bonds. The van der Waals surface area contributed by atoms with Crippen molar-refractivity contribution in [3.63, 3.8) is 0 Å². The van der Waals surface area contributed by atoms with Gasteiger partial charge in [0.1, 0.15) is 5.82 Å². The number of benzene rings is 2. The van der Waals surface area contributed by atoms with E-state index in [0.717, 1.165) is 10.4 Å².